The molecule has 7 nitrogen and oxygen atoms in total. The minimum Gasteiger partial charge on any atom is -0.494 e. The van der Waals surface area contributed by atoms with Gasteiger partial charge in [-0.1, -0.05) is 38.1 Å². The number of nitrogens with one attached hydrogen (secondary N) is 2. The fraction of sp³-hybridized carbons (Fsp3) is 0.240. The molecule has 5 rings (SSSR count). The molecule has 172 valence electrons. The van der Waals surface area contributed by atoms with Crippen molar-refractivity contribution in [3.63, 3.8) is 0 Å². The lowest BCUT2D eigenvalue weighted by molar-refractivity contribution is -0.110. The number of aldehydes is 1. The Bertz CT molecular complexity index is 1260. The van der Waals surface area contributed by atoms with Crippen LogP contribution in [0.15, 0.2) is 54.9 Å². The number of anilines is 1. The van der Waals surface area contributed by atoms with Crippen molar-refractivity contribution in [3.8, 4) is 16.9 Å². The Morgan fingerprint density at radius 2 is 1.79 bits per heavy atom. The van der Waals surface area contributed by atoms with Crippen molar-refractivity contribution in [2.75, 3.05) is 26.6 Å². The number of carbonyl (C=O) groups excluding carboxylic acids is 1. The first kappa shape index (κ1) is 23.9. The number of nitrogens with zero attached hydrogens (tertiary/aromatic N) is 2. The molecule has 1 unspecified atom stereocenters. The topological polar surface area (TPSA) is 89.1 Å². The van der Waals surface area contributed by atoms with Crippen molar-refractivity contribution >= 4 is 23.0 Å². The SMILES string of the molecule is CC.COC.COc1ccc(C2(C=O)Nc3ccccc3-c3cnnc4[nH]cc2c34)cc1F. The van der Waals surface area contributed by atoms with Gasteiger partial charge in [-0.15, -0.1) is 5.10 Å². The smallest absolute Gasteiger partial charge is 0.165 e. The number of benzene rings is 2. The van der Waals surface area contributed by atoms with Crippen molar-refractivity contribution in [2.45, 2.75) is 19.4 Å². The number of aromatic nitrogens is 3. The molecule has 0 saturated carbocycles. The molecule has 0 radical (unpaired) electrons. The van der Waals surface area contributed by atoms with Crippen molar-refractivity contribution in [2.24, 2.45) is 0 Å². The number of rotatable bonds is 3. The third-order valence-electron chi connectivity index (χ3n) is 5.23. The van der Waals surface area contributed by atoms with E-state index in [0.717, 1.165) is 28.5 Å². The van der Waals surface area contributed by atoms with Gasteiger partial charge in [-0.25, -0.2) is 4.39 Å². The maximum absolute atomic E-state index is 14.5. The summed E-state index contributed by atoms with van der Waals surface area (Å²) in [6.07, 6.45) is 4.19. The van der Waals surface area contributed by atoms with Crippen molar-refractivity contribution < 1.29 is 18.7 Å². The molecule has 0 amide bonds. The largest absolute Gasteiger partial charge is 0.494 e. The number of methoxy groups -OCH3 is 2. The summed E-state index contributed by atoms with van der Waals surface area (Å²) in [7, 11) is 4.65. The summed E-state index contributed by atoms with van der Waals surface area (Å²) in [4.78, 5) is 15.7. The van der Waals surface area contributed by atoms with Gasteiger partial charge in [-0.05, 0) is 23.8 Å². The summed E-state index contributed by atoms with van der Waals surface area (Å²) in [5.74, 6) is -0.426. The molecule has 3 heterocycles. The maximum Gasteiger partial charge on any atom is 0.165 e. The number of H-pyrrole nitrogens is 1. The zero-order valence-corrected chi connectivity index (χ0v) is 19.3. The summed E-state index contributed by atoms with van der Waals surface area (Å²) in [5.41, 5.74) is 2.85. The molecule has 2 aromatic heterocycles. The van der Waals surface area contributed by atoms with E-state index in [-0.39, 0.29) is 5.75 Å². The van der Waals surface area contributed by atoms with Gasteiger partial charge in [0.15, 0.2) is 23.5 Å². The summed E-state index contributed by atoms with van der Waals surface area (Å²) >= 11 is 0. The van der Waals surface area contributed by atoms with Crippen LogP contribution in [0.2, 0.25) is 0 Å². The molecule has 1 aliphatic heterocycles. The van der Waals surface area contributed by atoms with Crippen LogP contribution >= 0.6 is 0 Å². The standard InChI is InChI=1S/C21H15FN4O2.C2H6O.C2H6/c1-28-18-7-6-12(8-16(18)22)21(11-27)15-10-23-20-19(15)14(9-24-26-20)13-4-2-3-5-17(13)25-21;1-3-2;1-2/h2-11,25H,1H3,(H,23,26);1-2H3;1-2H3. The van der Waals surface area contributed by atoms with Gasteiger partial charge in [-0.3, -0.25) is 4.79 Å². The Morgan fingerprint density at radius 1 is 1.06 bits per heavy atom. The Balaban J connectivity index is 0.000000569. The highest BCUT2D eigenvalue weighted by atomic mass is 19.1. The van der Waals surface area contributed by atoms with E-state index in [9.17, 15) is 9.18 Å². The molecule has 2 N–H and O–H groups in total. The molecule has 0 bridgehead atoms. The van der Waals surface area contributed by atoms with Crippen molar-refractivity contribution in [1.82, 2.24) is 15.2 Å². The Hall–Kier alpha value is -3.78. The van der Waals surface area contributed by atoms with E-state index < -0.39 is 11.4 Å². The van der Waals surface area contributed by atoms with E-state index in [4.69, 9.17) is 4.74 Å². The summed E-state index contributed by atoms with van der Waals surface area (Å²) in [6, 6.07) is 12.2. The number of fused-ring (bicyclic) bond motifs is 2. The third kappa shape index (κ3) is 4.05. The first-order valence-corrected chi connectivity index (χ1v) is 10.5. The second kappa shape index (κ2) is 10.2. The van der Waals surface area contributed by atoms with Crippen LogP contribution in [0.25, 0.3) is 22.2 Å². The predicted molar refractivity (Wildman–Crippen MR) is 127 cm³/mol. The molecule has 33 heavy (non-hydrogen) atoms. The minimum absolute atomic E-state index is 0.115. The van der Waals surface area contributed by atoms with Crippen LogP contribution in [-0.4, -0.2) is 42.8 Å². The number of ether oxygens (including phenoxy) is 2. The lowest BCUT2D eigenvalue weighted by Crippen LogP contribution is -2.38. The van der Waals surface area contributed by atoms with Crippen LogP contribution in [-0.2, 0) is 15.1 Å². The fourth-order valence-electron chi connectivity index (χ4n) is 3.90. The van der Waals surface area contributed by atoms with Crippen LogP contribution in [0.5, 0.6) is 5.75 Å². The zero-order chi connectivity index (χ0) is 24.0. The zero-order valence-electron chi connectivity index (χ0n) is 19.3. The Morgan fingerprint density at radius 3 is 2.45 bits per heavy atom. The maximum atomic E-state index is 14.5. The minimum atomic E-state index is -1.31. The highest BCUT2D eigenvalue weighted by molar-refractivity contribution is 6.04. The Labute approximate surface area is 192 Å². The fourth-order valence-corrected chi connectivity index (χ4v) is 3.90. The normalized spacial score (nSPS) is 15.6. The van der Waals surface area contributed by atoms with Gasteiger partial charge in [0.2, 0.25) is 0 Å². The van der Waals surface area contributed by atoms with E-state index in [1.54, 1.807) is 32.7 Å². The highest BCUT2D eigenvalue weighted by Gasteiger charge is 2.40. The van der Waals surface area contributed by atoms with Gasteiger partial charge < -0.3 is 19.8 Å². The molecular weight excluding hydrogens is 423 g/mol. The second-order valence-corrected chi connectivity index (χ2v) is 7.04. The van der Waals surface area contributed by atoms with E-state index >= 15 is 0 Å². The third-order valence-corrected chi connectivity index (χ3v) is 5.23. The average Bonchev–Trinajstić information content (AvgIpc) is 3.24. The molecule has 8 heteroatoms. The Kier molecular flexibility index (Phi) is 7.40. The van der Waals surface area contributed by atoms with Crippen molar-refractivity contribution in [1.29, 1.82) is 0 Å². The van der Waals surface area contributed by atoms with Crippen LogP contribution in [0.1, 0.15) is 25.0 Å². The molecule has 0 spiro atoms. The van der Waals surface area contributed by atoms with E-state index in [1.807, 2.05) is 38.1 Å². The predicted octanol–water partition coefficient (Wildman–Crippen LogP) is 4.93. The monoisotopic (exact) mass is 450 g/mol. The molecule has 0 saturated heterocycles. The average molecular weight is 451 g/mol. The number of hydrogen-bond donors (Lipinski definition) is 2. The second-order valence-electron chi connectivity index (χ2n) is 7.04. The number of carbonyl (C=O) groups is 1. The van der Waals surface area contributed by atoms with E-state index in [0.29, 0.717) is 16.8 Å². The van der Waals surface area contributed by atoms with Gasteiger partial charge >= 0.3 is 0 Å². The van der Waals surface area contributed by atoms with Crippen LogP contribution in [0.3, 0.4) is 0 Å². The lowest BCUT2D eigenvalue weighted by Gasteiger charge is -2.30. The van der Waals surface area contributed by atoms with Crippen LogP contribution in [0, 0.1) is 5.82 Å². The summed E-state index contributed by atoms with van der Waals surface area (Å²) in [6.45, 7) is 4.00. The van der Waals surface area contributed by atoms with Crippen LogP contribution < -0.4 is 10.1 Å². The first-order valence-electron chi connectivity index (χ1n) is 10.5. The molecule has 1 atom stereocenters. The van der Waals surface area contributed by atoms with Crippen molar-refractivity contribution in [3.05, 3.63) is 71.8 Å². The van der Waals surface area contributed by atoms with Gasteiger partial charge in [0.05, 0.1) is 13.3 Å². The number of halogens is 1. The first-order chi connectivity index (χ1) is 16.1. The lowest BCUT2D eigenvalue weighted by atomic mass is 9.84. The molecule has 4 aromatic rings. The summed E-state index contributed by atoms with van der Waals surface area (Å²) < 4.78 is 23.8. The van der Waals surface area contributed by atoms with E-state index in [1.165, 1.54) is 19.2 Å². The number of hydrogen-bond acceptors (Lipinski definition) is 6. The summed E-state index contributed by atoms with van der Waals surface area (Å²) in [5, 5.41) is 12.4. The molecule has 0 aliphatic carbocycles. The van der Waals surface area contributed by atoms with Gasteiger partial charge in [0, 0.05) is 48.2 Å². The molecule has 0 fully saturated rings. The van der Waals surface area contributed by atoms with Gasteiger partial charge in [0.1, 0.15) is 5.54 Å². The highest BCUT2D eigenvalue weighted by Crippen LogP contribution is 2.45. The molecule has 1 aliphatic rings. The van der Waals surface area contributed by atoms with E-state index in [2.05, 4.69) is 25.2 Å². The number of para-hydroxylation sites is 1. The number of aromatic amines is 1. The molecular formula is C25H27FN4O3. The quantitative estimate of drug-likeness (QED) is 0.430. The van der Waals surface area contributed by atoms with Gasteiger partial charge in [0.25, 0.3) is 0 Å². The molecule has 2 aromatic carbocycles. The van der Waals surface area contributed by atoms with Crippen LogP contribution in [0.4, 0.5) is 10.1 Å². The van der Waals surface area contributed by atoms with Gasteiger partial charge in [-0.2, -0.15) is 5.10 Å².